The lowest BCUT2D eigenvalue weighted by molar-refractivity contribution is 0.824. The zero-order chi connectivity index (χ0) is 4.12. The van der Waals surface area contributed by atoms with E-state index in [1.165, 1.54) is 0 Å². The maximum atomic E-state index is 7.82. The van der Waals surface area contributed by atoms with Crippen molar-refractivity contribution in [3.63, 3.8) is 0 Å². The molecule has 0 unspecified atom stereocenters. The van der Waals surface area contributed by atoms with Gasteiger partial charge < -0.3 is 5.48 Å². The van der Waals surface area contributed by atoms with Gasteiger partial charge in [-0.05, 0) is 6.42 Å². The van der Waals surface area contributed by atoms with Crippen LogP contribution in [0.15, 0.2) is 0 Å². The summed E-state index contributed by atoms with van der Waals surface area (Å²) in [4.78, 5) is 0. The Balaban J connectivity index is 0. The molecular formula is C4H9NO. The third kappa shape index (κ3) is 9.85. The fourth-order valence-corrected chi connectivity index (χ4v) is 0.112. The fraction of sp³-hybridized carbons (Fsp3) is 0.750. The molecule has 0 aliphatic heterocycles. The summed E-state index contributed by atoms with van der Waals surface area (Å²) >= 11 is 0. The van der Waals surface area contributed by atoms with Gasteiger partial charge in [0.25, 0.3) is 0 Å². The maximum absolute atomic E-state index is 7.82. The second-order valence-corrected chi connectivity index (χ2v) is 0.908. The van der Waals surface area contributed by atoms with Crippen molar-refractivity contribution in [2.24, 2.45) is 0 Å². The van der Waals surface area contributed by atoms with Crippen molar-refractivity contribution in [2.45, 2.75) is 19.8 Å². The number of hydrogen-bond donors (Lipinski definition) is 0. The first kappa shape index (κ1) is 9.07. The number of nitrogens with zero attached hydrogens (tertiary/aromatic N) is 1. The largest absolute Gasteiger partial charge is 0.412 e. The number of hydrogen-bond acceptors (Lipinski definition) is 1. The zero-order valence-electron chi connectivity index (χ0n) is 3.86. The number of nitriles is 1. The lowest BCUT2D eigenvalue weighted by Crippen LogP contribution is -1.53. The van der Waals surface area contributed by atoms with Gasteiger partial charge in [-0.3, -0.25) is 0 Å². The minimum atomic E-state index is 0. The summed E-state index contributed by atoms with van der Waals surface area (Å²) in [5.74, 6) is 0. The van der Waals surface area contributed by atoms with E-state index in [0.717, 1.165) is 6.42 Å². The van der Waals surface area contributed by atoms with E-state index in [0.29, 0.717) is 6.42 Å². The van der Waals surface area contributed by atoms with Crippen LogP contribution in [0.3, 0.4) is 0 Å². The van der Waals surface area contributed by atoms with E-state index >= 15 is 0 Å². The Morgan fingerprint density at radius 3 is 2.17 bits per heavy atom. The molecule has 0 rings (SSSR count). The van der Waals surface area contributed by atoms with E-state index in [1.54, 1.807) is 0 Å². The standard InChI is InChI=1S/C4H7N.H2O/c1-2-3-4-5;/h2-3H2,1H3;1H2. The molecule has 0 atom stereocenters. The van der Waals surface area contributed by atoms with Gasteiger partial charge in [0, 0.05) is 6.42 Å². The Hall–Kier alpha value is -0.550. The number of unbranched alkanes of at least 4 members (excludes halogenated alkanes) is 1. The summed E-state index contributed by atoms with van der Waals surface area (Å²) in [5, 5.41) is 7.82. The predicted molar refractivity (Wildman–Crippen MR) is 24.1 cm³/mol. The van der Waals surface area contributed by atoms with E-state index in [-0.39, 0.29) is 5.48 Å². The minimum Gasteiger partial charge on any atom is -0.412 e. The van der Waals surface area contributed by atoms with Crippen LogP contribution in [0.1, 0.15) is 19.8 Å². The average molecular weight is 87.1 g/mol. The second kappa shape index (κ2) is 8.82. The highest BCUT2D eigenvalue weighted by Crippen LogP contribution is 1.77. The molecule has 0 aromatic rings. The van der Waals surface area contributed by atoms with Crippen molar-refractivity contribution in [1.29, 1.82) is 5.26 Å². The molecule has 0 amide bonds. The van der Waals surface area contributed by atoms with Crippen LogP contribution in [0.4, 0.5) is 0 Å². The van der Waals surface area contributed by atoms with Crippen LogP contribution >= 0.6 is 0 Å². The number of rotatable bonds is 1. The van der Waals surface area contributed by atoms with Crippen molar-refractivity contribution < 1.29 is 5.48 Å². The van der Waals surface area contributed by atoms with Gasteiger partial charge in [0.2, 0.25) is 0 Å². The summed E-state index contributed by atoms with van der Waals surface area (Å²) < 4.78 is 0. The maximum Gasteiger partial charge on any atom is 0.0621 e. The molecule has 0 aliphatic rings. The third-order valence-corrected chi connectivity index (χ3v) is 0.362. The van der Waals surface area contributed by atoms with E-state index in [2.05, 4.69) is 0 Å². The third-order valence-electron chi connectivity index (χ3n) is 0.362. The molecule has 2 heteroatoms. The molecule has 0 aromatic heterocycles. The molecule has 0 aliphatic carbocycles. The molecular weight excluding hydrogens is 78.0 g/mol. The van der Waals surface area contributed by atoms with Crippen LogP contribution in [0.2, 0.25) is 0 Å². The molecule has 0 bridgehead atoms. The van der Waals surface area contributed by atoms with Gasteiger partial charge in [0.05, 0.1) is 6.07 Å². The average Bonchev–Trinajstić information content (AvgIpc) is 1.41. The monoisotopic (exact) mass is 87.1 g/mol. The van der Waals surface area contributed by atoms with E-state index in [9.17, 15) is 0 Å². The minimum absolute atomic E-state index is 0. The van der Waals surface area contributed by atoms with Gasteiger partial charge in [0.15, 0.2) is 0 Å². The zero-order valence-corrected chi connectivity index (χ0v) is 3.86. The highest BCUT2D eigenvalue weighted by molar-refractivity contribution is 4.65. The highest BCUT2D eigenvalue weighted by atomic mass is 16.0. The van der Waals surface area contributed by atoms with Crippen LogP contribution < -0.4 is 0 Å². The Kier molecular flexibility index (Phi) is 13.3. The van der Waals surface area contributed by atoms with E-state index < -0.39 is 0 Å². The van der Waals surface area contributed by atoms with Crippen molar-refractivity contribution in [2.75, 3.05) is 0 Å². The van der Waals surface area contributed by atoms with Gasteiger partial charge in [-0.25, -0.2) is 0 Å². The quantitative estimate of drug-likeness (QED) is 0.459. The van der Waals surface area contributed by atoms with Crippen LogP contribution in [-0.4, -0.2) is 5.48 Å². The van der Waals surface area contributed by atoms with Crippen molar-refractivity contribution >= 4 is 0 Å². The SMILES string of the molecule is CCCC#N.O. The molecule has 0 radical (unpaired) electrons. The molecule has 0 aromatic carbocycles. The fourth-order valence-electron chi connectivity index (χ4n) is 0.112. The van der Waals surface area contributed by atoms with Crippen LogP contribution in [0.25, 0.3) is 0 Å². The lowest BCUT2D eigenvalue weighted by atomic mass is 10.4. The second-order valence-electron chi connectivity index (χ2n) is 0.908. The molecule has 6 heavy (non-hydrogen) atoms. The normalized spacial score (nSPS) is 5.33. The lowest BCUT2D eigenvalue weighted by Gasteiger charge is -1.65. The smallest absolute Gasteiger partial charge is 0.0621 e. The van der Waals surface area contributed by atoms with Gasteiger partial charge in [-0.15, -0.1) is 0 Å². The first-order valence-electron chi connectivity index (χ1n) is 1.78. The Morgan fingerprint density at radius 1 is 1.67 bits per heavy atom. The molecule has 2 N–H and O–H groups in total. The van der Waals surface area contributed by atoms with Gasteiger partial charge >= 0.3 is 0 Å². The Morgan fingerprint density at radius 2 is 2.17 bits per heavy atom. The summed E-state index contributed by atoms with van der Waals surface area (Å²) in [6.07, 6.45) is 1.68. The van der Waals surface area contributed by atoms with Gasteiger partial charge in [-0.2, -0.15) is 5.26 Å². The van der Waals surface area contributed by atoms with Crippen molar-refractivity contribution in [1.82, 2.24) is 0 Å². The van der Waals surface area contributed by atoms with E-state index in [4.69, 9.17) is 5.26 Å². The van der Waals surface area contributed by atoms with Crippen LogP contribution in [0, 0.1) is 11.3 Å². The molecule has 2 nitrogen and oxygen atoms in total. The molecule has 0 saturated carbocycles. The molecule has 0 spiro atoms. The molecule has 0 heterocycles. The summed E-state index contributed by atoms with van der Waals surface area (Å²) in [6.45, 7) is 1.99. The highest BCUT2D eigenvalue weighted by Gasteiger charge is 1.65. The van der Waals surface area contributed by atoms with Gasteiger partial charge in [-0.1, -0.05) is 6.92 Å². The topological polar surface area (TPSA) is 55.3 Å². The summed E-state index contributed by atoms with van der Waals surface area (Å²) in [7, 11) is 0. The Labute approximate surface area is 37.7 Å². The summed E-state index contributed by atoms with van der Waals surface area (Å²) in [5.41, 5.74) is 0. The molecule has 36 valence electrons. The molecule has 0 fully saturated rings. The van der Waals surface area contributed by atoms with E-state index in [1.807, 2.05) is 13.0 Å². The van der Waals surface area contributed by atoms with Crippen LogP contribution in [-0.2, 0) is 0 Å². The van der Waals surface area contributed by atoms with Crippen LogP contribution in [0.5, 0.6) is 0 Å². The molecule has 0 saturated heterocycles. The van der Waals surface area contributed by atoms with Gasteiger partial charge in [0.1, 0.15) is 0 Å². The van der Waals surface area contributed by atoms with Crippen molar-refractivity contribution in [3.05, 3.63) is 0 Å². The summed E-state index contributed by atoms with van der Waals surface area (Å²) in [6, 6.07) is 2.02. The first-order valence-corrected chi connectivity index (χ1v) is 1.78. The first-order chi connectivity index (χ1) is 2.41. The van der Waals surface area contributed by atoms with Crippen molar-refractivity contribution in [3.8, 4) is 6.07 Å². The predicted octanol–water partition coefficient (Wildman–Crippen LogP) is 0.485. The Bertz CT molecular complexity index is 46.0.